The van der Waals surface area contributed by atoms with Crippen LogP contribution in [0.1, 0.15) is 13.3 Å². The largest absolute Gasteiger partial charge is 0.394 e. The third kappa shape index (κ3) is 3.19. The lowest BCUT2D eigenvalue weighted by Crippen LogP contribution is -2.23. The maximum Gasteiger partial charge on any atom is 0.154 e. The van der Waals surface area contributed by atoms with Gasteiger partial charge in [-0.15, -0.1) is 5.10 Å². The Morgan fingerprint density at radius 2 is 2.08 bits per heavy atom. The van der Waals surface area contributed by atoms with E-state index in [9.17, 15) is 5.11 Å². The summed E-state index contributed by atoms with van der Waals surface area (Å²) in [6.45, 7) is 2.11. The van der Waals surface area contributed by atoms with E-state index in [2.05, 4.69) is 38.5 Å². The minimum absolute atomic E-state index is 0.000935. The molecule has 0 aliphatic rings. The van der Waals surface area contributed by atoms with Gasteiger partial charge in [-0.05, 0) is 30.7 Å². The predicted octanol–water partition coefficient (Wildman–Crippen LogP) is 2.65. The highest BCUT2D eigenvalue weighted by atomic mass is 16.3. The van der Waals surface area contributed by atoms with Crippen LogP contribution in [-0.4, -0.2) is 46.4 Å². The number of nitrogens with one attached hydrogen (secondary N) is 1. The minimum Gasteiger partial charge on any atom is -0.394 e. The molecule has 126 valence electrons. The van der Waals surface area contributed by atoms with Crippen molar-refractivity contribution in [2.24, 2.45) is 0 Å². The molecule has 6 nitrogen and oxygen atoms in total. The van der Waals surface area contributed by atoms with E-state index in [0.29, 0.717) is 0 Å². The van der Waals surface area contributed by atoms with Gasteiger partial charge in [0, 0.05) is 25.3 Å². The van der Waals surface area contributed by atoms with E-state index in [4.69, 9.17) is 0 Å². The number of fused-ring (bicyclic) bond motifs is 1. The molecule has 0 amide bonds. The van der Waals surface area contributed by atoms with Crippen molar-refractivity contribution in [3.05, 3.63) is 42.6 Å². The maximum atomic E-state index is 9.36. The second-order valence-electron chi connectivity index (χ2n) is 6.01. The number of hydrogen-bond donors (Lipinski definition) is 2. The van der Waals surface area contributed by atoms with Crippen LogP contribution >= 0.6 is 0 Å². The van der Waals surface area contributed by atoms with Crippen LogP contribution in [0, 0.1) is 0 Å². The summed E-state index contributed by atoms with van der Waals surface area (Å²) in [5.74, 6) is 0.728. The van der Waals surface area contributed by atoms with Crippen molar-refractivity contribution < 1.29 is 5.11 Å². The van der Waals surface area contributed by atoms with Gasteiger partial charge in [0.2, 0.25) is 0 Å². The molecule has 0 aliphatic heterocycles. The fourth-order valence-electron chi connectivity index (χ4n) is 2.58. The summed E-state index contributed by atoms with van der Waals surface area (Å²) in [5, 5.41) is 17.3. The first-order valence-corrected chi connectivity index (χ1v) is 8.12. The van der Waals surface area contributed by atoms with Crippen LogP contribution in [0.15, 0.2) is 42.6 Å². The molecule has 0 saturated heterocycles. The smallest absolute Gasteiger partial charge is 0.154 e. The van der Waals surface area contributed by atoms with Gasteiger partial charge in [-0.1, -0.05) is 19.1 Å². The summed E-state index contributed by atoms with van der Waals surface area (Å²) in [5.41, 5.74) is 3.92. The molecule has 1 unspecified atom stereocenters. The molecule has 0 aliphatic carbocycles. The number of nitrogens with zero attached hydrogens (tertiary/aromatic N) is 4. The van der Waals surface area contributed by atoms with Gasteiger partial charge in [0.1, 0.15) is 5.82 Å². The summed E-state index contributed by atoms with van der Waals surface area (Å²) >= 11 is 0. The molecule has 0 radical (unpaired) electrons. The van der Waals surface area contributed by atoms with Crippen molar-refractivity contribution in [1.82, 2.24) is 14.6 Å². The van der Waals surface area contributed by atoms with Crippen molar-refractivity contribution in [2.45, 2.75) is 19.4 Å². The third-order valence-electron chi connectivity index (χ3n) is 4.09. The number of rotatable bonds is 6. The monoisotopic (exact) mass is 325 g/mol. The summed E-state index contributed by atoms with van der Waals surface area (Å²) in [4.78, 5) is 6.51. The number of anilines is 2. The third-order valence-corrected chi connectivity index (χ3v) is 4.09. The van der Waals surface area contributed by atoms with Crippen molar-refractivity contribution in [3.8, 4) is 11.3 Å². The van der Waals surface area contributed by atoms with Crippen LogP contribution in [0.2, 0.25) is 0 Å². The second kappa shape index (κ2) is 6.88. The Morgan fingerprint density at radius 3 is 2.79 bits per heavy atom. The Labute approximate surface area is 141 Å². The molecule has 3 aromatic rings. The van der Waals surface area contributed by atoms with Crippen LogP contribution < -0.4 is 10.2 Å². The first-order valence-electron chi connectivity index (χ1n) is 8.12. The summed E-state index contributed by atoms with van der Waals surface area (Å²) in [6.07, 6.45) is 2.67. The van der Waals surface area contributed by atoms with Crippen molar-refractivity contribution in [1.29, 1.82) is 0 Å². The maximum absolute atomic E-state index is 9.36. The van der Waals surface area contributed by atoms with Gasteiger partial charge in [-0.2, -0.15) is 0 Å². The van der Waals surface area contributed by atoms with Crippen LogP contribution in [-0.2, 0) is 0 Å². The molecule has 0 fully saturated rings. The Balaban J connectivity index is 2.01. The lowest BCUT2D eigenvalue weighted by Gasteiger charge is -2.15. The predicted molar refractivity (Wildman–Crippen MR) is 97.5 cm³/mol. The van der Waals surface area contributed by atoms with Gasteiger partial charge in [0.05, 0.1) is 24.5 Å². The van der Waals surface area contributed by atoms with Crippen LogP contribution in [0.3, 0.4) is 0 Å². The van der Waals surface area contributed by atoms with E-state index in [1.165, 1.54) is 0 Å². The van der Waals surface area contributed by atoms with Crippen molar-refractivity contribution >= 4 is 17.2 Å². The van der Waals surface area contributed by atoms with Gasteiger partial charge in [0.15, 0.2) is 5.65 Å². The Hall–Kier alpha value is -2.60. The van der Waals surface area contributed by atoms with Crippen molar-refractivity contribution in [2.75, 3.05) is 30.9 Å². The topological polar surface area (TPSA) is 65.7 Å². The number of imidazole rings is 1. The number of hydrogen-bond acceptors (Lipinski definition) is 5. The number of benzene rings is 1. The van der Waals surface area contributed by atoms with Gasteiger partial charge >= 0.3 is 0 Å². The molecule has 2 heterocycles. The van der Waals surface area contributed by atoms with Gasteiger partial charge in [-0.25, -0.2) is 9.50 Å². The molecule has 3 rings (SSSR count). The van der Waals surface area contributed by atoms with E-state index in [-0.39, 0.29) is 12.6 Å². The Bertz CT molecular complexity index is 823. The van der Waals surface area contributed by atoms with Gasteiger partial charge in [-0.3, -0.25) is 0 Å². The molecule has 1 atom stereocenters. The Morgan fingerprint density at radius 1 is 1.25 bits per heavy atom. The first-order chi connectivity index (χ1) is 11.6. The highest BCUT2D eigenvalue weighted by Gasteiger charge is 2.11. The molecular weight excluding hydrogens is 302 g/mol. The molecule has 2 aromatic heterocycles. The quantitative estimate of drug-likeness (QED) is 0.729. The highest BCUT2D eigenvalue weighted by molar-refractivity contribution is 5.68. The molecule has 0 bridgehead atoms. The van der Waals surface area contributed by atoms with Crippen LogP contribution in [0.25, 0.3) is 16.9 Å². The average molecular weight is 325 g/mol. The molecule has 0 spiro atoms. The van der Waals surface area contributed by atoms with E-state index in [0.717, 1.165) is 34.8 Å². The zero-order valence-corrected chi connectivity index (χ0v) is 14.3. The molecule has 0 saturated carbocycles. The molecule has 6 heteroatoms. The zero-order chi connectivity index (χ0) is 17.1. The second-order valence-corrected chi connectivity index (χ2v) is 6.01. The lowest BCUT2D eigenvalue weighted by molar-refractivity contribution is 0.271. The van der Waals surface area contributed by atoms with Gasteiger partial charge in [0.25, 0.3) is 0 Å². The summed E-state index contributed by atoms with van der Waals surface area (Å²) < 4.78 is 1.83. The lowest BCUT2D eigenvalue weighted by atomic mass is 10.1. The van der Waals surface area contributed by atoms with E-state index in [1.807, 2.05) is 49.9 Å². The highest BCUT2D eigenvalue weighted by Crippen LogP contribution is 2.24. The molecule has 2 N–H and O–H groups in total. The average Bonchev–Trinajstić information content (AvgIpc) is 3.03. The van der Waals surface area contributed by atoms with Crippen molar-refractivity contribution in [3.63, 3.8) is 0 Å². The Kier molecular flexibility index (Phi) is 4.66. The van der Waals surface area contributed by atoms with Crippen LogP contribution in [0.5, 0.6) is 0 Å². The van der Waals surface area contributed by atoms with E-state index >= 15 is 0 Å². The normalized spacial score (nSPS) is 12.3. The first kappa shape index (κ1) is 16.3. The summed E-state index contributed by atoms with van der Waals surface area (Å²) in [6, 6.07) is 12.1. The number of aliphatic hydroxyl groups is 1. The molecule has 24 heavy (non-hydrogen) atoms. The van der Waals surface area contributed by atoms with Crippen LogP contribution in [0.4, 0.5) is 11.5 Å². The van der Waals surface area contributed by atoms with Gasteiger partial charge < -0.3 is 15.3 Å². The minimum atomic E-state index is -0.000935. The zero-order valence-electron chi connectivity index (χ0n) is 14.3. The van der Waals surface area contributed by atoms with E-state index in [1.54, 1.807) is 0 Å². The fraction of sp³-hybridized carbons (Fsp3) is 0.333. The SMILES string of the molecule is CCC(CO)Nc1ccc2ncc(-c3cccc(N(C)C)c3)n2n1. The molecule has 1 aromatic carbocycles. The number of aliphatic hydroxyl groups excluding tert-OH is 1. The molecular formula is C18H23N5O. The fourth-order valence-corrected chi connectivity index (χ4v) is 2.58. The van der Waals surface area contributed by atoms with E-state index < -0.39 is 0 Å². The summed E-state index contributed by atoms with van der Waals surface area (Å²) in [7, 11) is 4.04. The number of aromatic nitrogens is 3. The standard InChI is InChI=1S/C18H23N5O/c1-4-14(12-24)20-17-8-9-18-19-11-16(23(18)21-17)13-6-5-7-15(10-13)22(2)3/h5-11,14,24H,4,12H2,1-3H3,(H,20,21).